The van der Waals surface area contributed by atoms with Gasteiger partial charge in [-0.05, 0) is 12.8 Å². The van der Waals surface area contributed by atoms with Gasteiger partial charge in [-0.15, -0.1) is 0 Å². The first kappa shape index (κ1) is 15.1. The predicted molar refractivity (Wildman–Crippen MR) is 62.8 cm³/mol. The number of amides is 1. The maximum Gasteiger partial charge on any atom is 0.471 e. The van der Waals surface area contributed by atoms with Crippen LogP contribution in [0.1, 0.15) is 12.8 Å². The molecule has 0 radical (unpaired) electrons. The molecule has 1 saturated carbocycles. The third-order valence-electron chi connectivity index (χ3n) is 3.46. The Balaban J connectivity index is 1.64. The molecule has 2 fully saturated rings. The molecule has 0 unspecified atom stereocenters. The molecule has 0 bridgehead atoms. The molecule has 1 heterocycles. The van der Waals surface area contributed by atoms with Crippen molar-refractivity contribution in [2.24, 2.45) is 5.92 Å². The highest BCUT2D eigenvalue weighted by Gasteiger charge is 2.43. The Morgan fingerprint density at radius 3 is 2.20 bits per heavy atom. The van der Waals surface area contributed by atoms with Crippen LogP contribution in [-0.2, 0) is 14.3 Å². The van der Waals surface area contributed by atoms with E-state index < -0.39 is 12.1 Å². The number of carbonyl (C=O) groups excluding carboxylic acids is 2. The van der Waals surface area contributed by atoms with Crippen molar-refractivity contribution < 1.29 is 27.5 Å². The summed E-state index contributed by atoms with van der Waals surface area (Å²) in [4.78, 5) is 25.0. The van der Waals surface area contributed by atoms with Crippen molar-refractivity contribution in [3.63, 3.8) is 0 Å². The number of alkyl halides is 3. The Morgan fingerprint density at radius 1 is 1.10 bits per heavy atom. The van der Waals surface area contributed by atoms with Gasteiger partial charge in [-0.3, -0.25) is 14.5 Å². The third kappa shape index (κ3) is 4.09. The van der Waals surface area contributed by atoms with Crippen molar-refractivity contribution in [1.29, 1.82) is 0 Å². The number of carbonyl (C=O) groups is 2. The van der Waals surface area contributed by atoms with Crippen LogP contribution in [0.3, 0.4) is 0 Å². The minimum atomic E-state index is -4.80. The summed E-state index contributed by atoms with van der Waals surface area (Å²) in [6.45, 7) is 1.57. The van der Waals surface area contributed by atoms with Gasteiger partial charge in [0.1, 0.15) is 6.61 Å². The van der Waals surface area contributed by atoms with Gasteiger partial charge in [-0.2, -0.15) is 13.2 Å². The molecule has 5 nitrogen and oxygen atoms in total. The molecule has 1 aliphatic carbocycles. The highest BCUT2D eigenvalue weighted by atomic mass is 19.4. The van der Waals surface area contributed by atoms with Crippen LogP contribution in [0.15, 0.2) is 0 Å². The molecule has 1 amide bonds. The Kier molecular flexibility index (Phi) is 4.52. The lowest BCUT2D eigenvalue weighted by Crippen LogP contribution is -2.52. The lowest BCUT2D eigenvalue weighted by atomic mass is 10.3. The molecule has 0 N–H and O–H groups in total. The van der Waals surface area contributed by atoms with Crippen LogP contribution in [0.25, 0.3) is 0 Å². The quantitative estimate of drug-likeness (QED) is 0.714. The Bertz CT molecular complexity index is 375. The van der Waals surface area contributed by atoms with E-state index in [1.165, 1.54) is 0 Å². The molecule has 114 valence electrons. The largest absolute Gasteiger partial charge is 0.471 e. The summed E-state index contributed by atoms with van der Waals surface area (Å²) in [7, 11) is 0. The number of hydrogen-bond donors (Lipinski definition) is 0. The second-order valence-corrected chi connectivity index (χ2v) is 5.07. The molecule has 0 spiro atoms. The van der Waals surface area contributed by atoms with Crippen LogP contribution >= 0.6 is 0 Å². The fourth-order valence-corrected chi connectivity index (χ4v) is 2.07. The fourth-order valence-electron chi connectivity index (χ4n) is 2.07. The number of rotatable bonds is 4. The van der Waals surface area contributed by atoms with Crippen molar-refractivity contribution in [2.45, 2.75) is 19.0 Å². The summed E-state index contributed by atoms with van der Waals surface area (Å²) in [5.74, 6) is -1.91. The summed E-state index contributed by atoms with van der Waals surface area (Å²) in [5, 5.41) is 0. The number of ether oxygens (including phenoxy) is 1. The van der Waals surface area contributed by atoms with E-state index in [2.05, 4.69) is 0 Å². The molecule has 0 aromatic carbocycles. The average molecular weight is 294 g/mol. The van der Waals surface area contributed by atoms with Crippen molar-refractivity contribution >= 4 is 11.9 Å². The molecule has 0 atom stereocenters. The smallest absolute Gasteiger partial charge is 0.464 e. The van der Waals surface area contributed by atoms with Crippen molar-refractivity contribution in [2.75, 3.05) is 39.3 Å². The maximum absolute atomic E-state index is 12.2. The van der Waals surface area contributed by atoms with E-state index in [0.29, 0.717) is 19.6 Å². The van der Waals surface area contributed by atoms with E-state index in [1.807, 2.05) is 4.90 Å². The Labute approximate surface area is 114 Å². The van der Waals surface area contributed by atoms with Gasteiger partial charge in [-0.1, -0.05) is 0 Å². The zero-order chi connectivity index (χ0) is 14.8. The second kappa shape index (κ2) is 5.99. The summed E-state index contributed by atoms with van der Waals surface area (Å²) in [6, 6.07) is 0. The van der Waals surface area contributed by atoms with E-state index >= 15 is 0 Å². The lowest BCUT2D eigenvalue weighted by Gasteiger charge is -2.34. The standard InChI is InChI=1S/C12H17F3N2O3/c13-12(14,15)11(19)17-5-3-16(4-6-17)7-8-20-10(18)9-1-2-9/h9H,1-8H2. The average Bonchev–Trinajstić information content (AvgIpc) is 3.22. The minimum absolute atomic E-state index is 0.0505. The molecule has 0 aromatic rings. The van der Waals surface area contributed by atoms with Gasteiger partial charge in [0.2, 0.25) is 0 Å². The topological polar surface area (TPSA) is 49.9 Å². The number of hydrogen-bond acceptors (Lipinski definition) is 4. The second-order valence-electron chi connectivity index (χ2n) is 5.07. The van der Waals surface area contributed by atoms with Gasteiger partial charge in [-0.25, -0.2) is 0 Å². The zero-order valence-corrected chi connectivity index (χ0v) is 11.0. The highest BCUT2D eigenvalue weighted by molar-refractivity contribution is 5.81. The number of esters is 1. The first-order valence-electron chi connectivity index (χ1n) is 6.63. The van der Waals surface area contributed by atoms with Gasteiger partial charge < -0.3 is 9.64 Å². The molecular weight excluding hydrogens is 277 g/mol. The van der Waals surface area contributed by atoms with E-state index in [0.717, 1.165) is 17.7 Å². The Hall–Kier alpha value is -1.31. The fraction of sp³-hybridized carbons (Fsp3) is 0.833. The number of piperazine rings is 1. The van der Waals surface area contributed by atoms with Crippen LogP contribution in [0.5, 0.6) is 0 Å². The summed E-state index contributed by atoms with van der Waals surface area (Å²) >= 11 is 0. The molecule has 8 heteroatoms. The zero-order valence-electron chi connectivity index (χ0n) is 11.0. The third-order valence-corrected chi connectivity index (χ3v) is 3.46. The molecule has 1 saturated heterocycles. The molecule has 20 heavy (non-hydrogen) atoms. The van der Waals surface area contributed by atoms with Crippen LogP contribution in [0.2, 0.25) is 0 Å². The first-order valence-corrected chi connectivity index (χ1v) is 6.63. The first-order chi connectivity index (χ1) is 9.38. The van der Waals surface area contributed by atoms with Crippen molar-refractivity contribution in [3.8, 4) is 0 Å². The van der Waals surface area contributed by atoms with Gasteiger partial charge in [0.25, 0.3) is 0 Å². The summed E-state index contributed by atoms with van der Waals surface area (Å²) in [6.07, 6.45) is -3.03. The molecule has 0 aromatic heterocycles. The number of halogens is 3. The van der Waals surface area contributed by atoms with Crippen molar-refractivity contribution in [1.82, 2.24) is 9.80 Å². The Morgan fingerprint density at radius 2 is 1.70 bits per heavy atom. The van der Waals surface area contributed by atoms with Gasteiger partial charge in [0.15, 0.2) is 0 Å². The predicted octanol–water partition coefficient (Wildman–Crippen LogP) is 0.646. The van der Waals surface area contributed by atoms with Crippen molar-refractivity contribution in [3.05, 3.63) is 0 Å². The van der Waals surface area contributed by atoms with E-state index in [4.69, 9.17) is 4.74 Å². The lowest BCUT2D eigenvalue weighted by molar-refractivity contribution is -0.187. The van der Waals surface area contributed by atoms with Crippen LogP contribution < -0.4 is 0 Å². The highest BCUT2D eigenvalue weighted by Crippen LogP contribution is 2.29. The van der Waals surface area contributed by atoms with Gasteiger partial charge in [0, 0.05) is 32.7 Å². The summed E-state index contributed by atoms with van der Waals surface area (Å²) < 4.78 is 41.8. The van der Waals surface area contributed by atoms with Gasteiger partial charge in [0.05, 0.1) is 5.92 Å². The SMILES string of the molecule is O=C(OCCN1CCN(C(=O)C(F)(F)F)CC1)C1CC1. The number of nitrogens with zero attached hydrogens (tertiary/aromatic N) is 2. The van der Waals surface area contributed by atoms with Gasteiger partial charge >= 0.3 is 18.1 Å². The summed E-state index contributed by atoms with van der Waals surface area (Å²) in [5.41, 5.74) is 0. The van der Waals surface area contributed by atoms with Crippen LogP contribution in [-0.4, -0.2) is 67.2 Å². The van der Waals surface area contributed by atoms with E-state index in [-0.39, 0.29) is 31.6 Å². The van der Waals surface area contributed by atoms with Crippen LogP contribution in [0.4, 0.5) is 13.2 Å². The minimum Gasteiger partial charge on any atom is -0.464 e. The normalized spacial score (nSPS) is 20.9. The molecule has 2 rings (SSSR count). The molecule has 2 aliphatic rings. The maximum atomic E-state index is 12.2. The van der Waals surface area contributed by atoms with Crippen LogP contribution in [0, 0.1) is 5.92 Å². The molecular formula is C12H17F3N2O3. The van der Waals surface area contributed by atoms with E-state index in [1.54, 1.807) is 0 Å². The monoisotopic (exact) mass is 294 g/mol. The van der Waals surface area contributed by atoms with E-state index in [9.17, 15) is 22.8 Å². The molecule has 1 aliphatic heterocycles.